The van der Waals surface area contributed by atoms with Gasteiger partial charge in [0, 0.05) is 31.6 Å². The number of rotatable bonds is 2. The molecule has 4 heterocycles. The monoisotopic (exact) mass is 377 g/mol. The van der Waals surface area contributed by atoms with Gasteiger partial charge in [0.15, 0.2) is 5.65 Å². The van der Waals surface area contributed by atoms with Crippen LogP contribution in [0.15, 0.2) is 42.7 Å². The maximum absolute atomic E-state index is 12.2. The molecule has 8 heteroatoms. The summed E-state index contributed by atoms with van der Waals surface area (Å²) in [5.41, 5.74) is 3.94. The number of amides is 1. The molecule has 2 atom stereocenters. The molecule has 4 aromatic rings. The first-order chi connectivity index (χ1) is 13.5. The number of carbonyl (C=O) groups excluding carboxylic acids is 1. The average molecular weight is 377 g/mol. The molecule has 1 amide bonds. The van der Waals surface area contributed by atoms with Crippen molar-refractivity contribution in [1.29, 1.82) is 0 Å². The second-order valence-electron chi connectivity index (χ2n) is 7.13. The van der Waals surface area contributed by atoms with E-state index in [1.54, 1.807) is 35.4 Å². The van der Waals surface area contributed by atoms with Gasteiger partial charge in [-0.05, 0) is 30.3 Å². The number of nitrogens with one attached hydrogen (secondary N) is 1. The summed E-state index contributed by atoms with van der Waals surface area (Å²) in [6.07, 6.45) is 3.41. The quantitative estimate of drug-likeness (QED) is 0.497. The minimum absolute atomic E-state index is 0.0937. The van der Waals surface area contributed by atoms with Crippen LogP contribution in [0.1, 0.15) is 25.2 Å². The van der Waals surface area contributed by atoms with Crippen molar-refractivity contribution in [3.8, 4) is 17.0 Å². The van der Waals surface area contributed by atoms with Gasteiger partial charge in [-0.15, -0.1) is 0 Å². The van der Waals surface area contributed by atoms with Gasteiger partial charge < -0.3 is 20.1 Å². The fourth-order valence-electron chi connectivity index (χ4n) is 4.05. The average Bonchev–Trinajstić information content (AvgIpc) is 3.37. The molecule has 0 radical (unpaired) electrons. The Morgan fingerprint density at radius 2 is 2.00 bits per heavy atom. The Morgan fingerprint density at radius 1 is 1.21 bits per heavy atom. The van der Waals surface area contributed by atoms with E-state index < -0.39 is 6.10 Å². The first-order valence-corrected chi connectivity index (χ1v) is 9.12. The Labute approximate surface area is 160 Å². The van der Waals surface area contributed by atoms with Gasteiger partial charge in [-0.2, -0.15) is 0 Å². The fraction of sp³-hybridized carbons (Fsp3) is 0.250. The van der Waals surface area contributed by atoms with Crippen molar-refractivity contribution in [3.63, 3.8) is 0 Å². The van der Waals surface area contributed by atoms with E-state index in [0.29, 0.717) is 18.8 Å². The van der Waals surface area contributed by atoms with Crippen LogP contribution < -0.4 is 0 Å². The van der Waals surface area contributed by atoms with Crippen LogP contribution in [-0.4, -0.2) is 53.0 Å². The Balaban J connectivity index is 1.79. The number of benzene rings is 1. The Bertz CT molecular complexity index is 1190. The van der Waals surface area contributed by atoms with Crippen LogP contribution in [-0.2, 0) is 4.79 Å². The molecule has 0 spiro atoms. The van der Waals surface area contributed by atoms with Gasteiger partial charge in [0.25, 0.3) is 0 Å². The van der Waals surface area contributed by atoms with Gasteiger partial charge in [0.2, 0.25) is 5.91 Å². The van der Waals surface area contributed by atoms with Crippen molar-refractivity contribution in [1.82, 2.24) is 24.3 Å². The van der Waals surface area contributed by atoms with E-state index in [-0.39, 0.29) is 17.7 Å². The minimum Gasteiger partial charge on any atom is -0.508 e. The minimum atomic E-state index is -0.582. The van der Waals surface area contributed by atoms with Crippen LogP contribution in [0, 0.1) is 0 Å². The van der Waals surface area contributed by atoms with E-state index in [1.807, 2.05) is 16.7 Å². The zero-order chi connectivity index (χ0) is 19.4. The zero-order valence-corrected chi connectivity index (χ0v) is 15.2. The molecule has 28 heavy (non-hydrogen) atoms. The van der Waals surface area contributed by atoms with Crippen molar-refractivity contribution < 1.29 is 15.0 Å². The Hall–Kier alpha value is -3.39. The normalized spacial score (nSPS) is 19.7. The largest absolute Gasteiger partial charge is 0.508 e. The van der Waals surface area contributed by atoms with E-state index in [9.17, 15) is 15.0 Å². The fourth-order valence-corrected chi connectivity index (χ4v) is 4.05. The highest BCUT2D eigenvalue weighted by atomic mass is 16.3. The first kappa shape index (κ1) is 16.8. The van der Waals surface area contributed by atoms with Crippen LogP contribution in [0.3, 0.4) is 0 Å². The molecule has 0 aliphatic carbocycles. The standard InChI is InChI=1S/C20H19N5O3/c1-11(26)24-10-14(28)8-16(24)20-23-18(12-2-4-13(27)5-3-12)17-9-22-19-15(25(17)20)6-7-21-19/h2-7,9,14,16,21,27-28H,8,10H2,1H3/t14-,16-/m1/s1. The van der Waals surface area contributed by atoms with Crippen LogP contribution >= 0.6 is 0 Å². The van der Waals surface area contributed by atoms with Crippen LogP contribution in [0.5, 0.6) is 5.75 Å². The second kappa shape index (κ2) is 6.07. The number of likely N-dealkylation sites (tertiary alicyclic amines) is 1. The topological polar surface area (TPSA) is 107 Å². The number of aliphatic hydroxyl groups excluding tert-OH is 1. The maximum atomic E-state index is 12.2. The molecule has 1 saturated heterocycles. The predicted molar refractivity (Wildman–Crippen MR) is 103 cm³/mol. The summed E-state index contributed by atoms with van der Waals surface area (Å²) < 4.78 is 2.00. The number of hydrogen-bond acceptors (Lipinski definition) is 5. The number of fused-ring (bicyclic) bond motifs is 3. The Morgan fingerprint density at radius 3 is 2.75 bits per heavy atom. The Kier molecular flexibility index (Phi) is 3.63. The SMILES string of the molecule is CC(=O)N1C[C@H](O)C[C@@H]1c1nc(-c2ccc(O)cc2)c2cnc3[nH]ccc3n12. The van der Waals surface area contributed by atoms with Crippen molar-refractivity contribution >= 4 is 22.6 Å². The van der Waals surface area contributed by atoms with Crippen molar-refractivity contribution in [3.05, 3.63) is 48.5 Å². The summed E-state index contributed by atoms with van der Waals surface area (Å²) in [4.78, 5) is 26.3. The molecule has 1 aliphatic heterocycles. The number of β-amino-alcohol motifs (C(OH)–C–C–N with tert-alkyl or cyclic N) is 1. The number of hydrogen-bond donors (Lipinski definition) is 3. The highest BCUT2D eigenvalue weighted by molar-refractivity contribution is 5.84. The summed E-state index contributed by atoms with van der Waals surface area (Å²) in [5.74, 6) is 0.779. The number of H-pyrrole nitrogens is 1. The van der Waals surface area contributed by atoms with Gasteiger partial charge in [-0.1, -0.05) is 0 Å². The van der Waals surface area contributed by atoms with E-state index >= 15 is 0 Å². The summed E-state index contributed by atoms with van der Waals surface area (Å²) in [6, 6.07) is 8.42. The van der Waals surface area contributed by atoms with Crippen molar-refractivity contribution in [2.75, 3.05) is 6.54 Å². The number of phenolic OH excluding ortho intramolecular Hbond substituents is 1. The molecular weight excluding hydrogens is 358 g/mol. The molecule has 1 fully saturated rings. The van der Waals surface area contributed by atoms with E-state index in [0.717, 1.165) is 27.9 Å². The maximum Gasteiger partial charge on any atom is 0.220 e. The smallest absolute Gasteiger partial charge is 0.220 e. The van der Waals surface area contributed by atoms with Crippen LogP contribution in [0.4, 0.5) is 0 Å². The molecule has 0 saturated carbocycles. The zero-order valence-electron chi connectivity index (χ0n) is 15.2. The van der Waals surface area contributed by atoms with Crippen LogP contribution in [0.2, 0.25) is 0 Å². The lowest BCUT2D eigenvalue weighted by Gasteiger charge is -2.22. The summed E-state index contributed by atoms with van der Waals surface area (Å²) in [6.45, 7) is 1.81. The molecular formula is C20H19N5O3. The molecule has 3 N–H and O–H groups in total. The number of aromatic hydroxyl groups is 1. The number of phenols is 1. The molecule has 0 bridgehead atoms. The number of nitrogens with zero attached hydrogens (tertiary/aromatic N) is 4. The number of carbonyl (C=O) groups is 1. The van der Waals surface area contributed by atoms with Gasteiger partial charge in [0.1, 0.15) is 11.6 Å². The number of aromatic nitrogens is 4. The third kappa shape index (κ3) is 2.45. The summed E-state index contributed by atoms with van der Waals surface area (Å²) in [7, 11) is 0. The lowest BCUT2D eigenvalue weighted by atomic mass is 10.1. The highest BCUT2D eigenvalue weighted by Gasteiger charge is 2.37. The number of imidazole rings is 1. The molecule has 8 nitrogen and oxygen atoms in total. The van der Waals surface area contributed by atoms with Gasteiger partial charge in [-0.25, -0.2) is 9.97 Å². The molecule has 1 aromatic carbocycles. The van der Waals surface area contributed by atoms with Crippen molar-refractivity contribution in [2.24, 2.45) is 0 Å². The van der Waals surface area contributed by atoms with Gasteiger partial charge in [0.05, 0.1) is 35.1 Å². The van der Waals surface area contributed by atoms with Crippen LogP contribution in [0.25, 0.3) is 27.9 Å². The number of aliphatic hydroxyl groups is 1. The third-order valence-corrected chi connectivity index (χ3v) is 5.32. The number of aromatic amines is 1. The summed E-state index contributed by atoms with van der Waals surface area (Å²) >= 11 is 0. The van der Waals surface area contributed by atoms with Gasteiger partial charge in [-0.3, -0.25) is 9.20 Å². The van der Waals surface area contributed by atoms with E-state index in [4.69, 9.17) is 4.98 Å². The lowest BCUT2D eigenvalue weighted by molar-refractivity contribution is -0.130. The molecule has 0 unspecified atom stereocenters. The lowest BCUT2D eigenvalue weighted by Crippen LogP contribution is -2.30. The molecule has 5 rings (SSSR count). The molecule has 142 valence electrons. The van der Waals surface area contributed by atoms with Crippen molar-refractivity contribution in [2.45, 2.75) is 25.5 Å². The molecule has 1 aliphatic rings. The first-order valence-electron chi connectivity index (χ1n) is 9.12. The third-order valence-electron chi connectivity index (χ3n) is 5.32. The highest BCUT2D eigenvalue weighted by Crippen LogP contribution is 2.36. The second-order valence-corrected chi connectivity index (χ2v) is 7.13. The van der Waals surface area contributed by atoms with E-state index in [1.165, 1.54) is 6.92 Å². The predicted octanol–water partition coefficient (Wildman–Crippen LogP) is 2.24. The molecule has 3 aromatic heterocycles. The van der Waals surface area contributed by atoms with Gasteiger partial charge >= 0.3 is 0 Å². The van der Waals surface area contributed by atoms with E-state index in [2.05, 4.69) is 9.97 Å². The summed E-state index contributed by atoms with van der Waals surface area (Å²) in [5, 5.41) is 19.8.